The van der Waals surface area contributed by atoms with Gasteiger partial charge in [0.05, 0.1) is 5.02 Å². The number of aromatic nitrogens is 2. The number of rotatable bonds is 6. The molecule has 1 heterocycles. The predicted octanol–water partition coefficient (Wildman–Crippen LogP) is 3.61. The maximum Gasteiger partial charge on any atom is 0.331 e. The molecule has 2 aromatic carbocycles. The van der Waals surface area contributed by atoms with E-state index in [1.54, 1.807) is 24.3 Å². The number of hydrogen-bond acceptors (Lipinski definition) is 5. The van der Waals surface area contributed by atoms with Gasteiger partial charge < -0.3 is 9.63 Å². The molecule has 7 nitrogen and oxygen atoms in total. The number of benzene rings is 2. The predicted molar refractivity (Wildman–Crippen MR) is 104 cm³/mol. The van der Waals surface area contributed by atoms with Crippen LogP contribution in [0.15, 0.2) is 70.8 Å². The summed E-state index contributed by atoms with van der Waals surface area (Å²) < 4.78 is 5.17. The summed E-state index contributed by atoms with van der Waals surface area (Å²) in [5.74, 6) is -1.54. The highest BCUT2D eigenvalue weighted by molar-refractivity contribution is 6.33. The fourth-order valence-electron chi connectivity index (χ4n) is 2.56. The Morgan fingerprint density at radius 2 is 1.82 bits per heavy atom. The zero-order valence-electron chi connectivity index (χ0n) is 14.9. The second-order valence-electron chi connectivity index (χ2n) is 5.91. The lowest BCUT2D eigenvalue weighted by Gasteiger charge is -2.14. The van der Waals surface area contributed by atoms with E-state index in [2.05, 4.69) is 10.1 Å². The second kappa shape index (κ2) is 8.49. The minimum Gasteiger partial charge on any atom is -0.478 e. The Morgan fingerprint density at radius 3 is 2.50 bits per heavy atom. The number of carboxylic acids is 1. The van der Waals surface area contributed by atoms with Crippen LogP contribution in [0, 0.1) is 0 Å². The van der Waals surface area contributed by atoms with E-state index in [0.29, 0.717) is 10.6 Å². The number of aliphatic carboxylic acids is 1. The van der Waals surface area contributed by atoms with Crippen molar-refractivity contribution in [1.29, 1.82) is 0 Å². The summed E-state index contributed by atoms with van der Waals surface area (Å²) in [6, 6.07) is 16.0. The van der Waals surface area contributed by atoms with Gasteiger partial charge in [0.25, 0.3) is 5.91 Å². The monoisotopic (exact) mass is 397 g/mol. The Hall–Kier alpha value is -3.45. The molecule has 0 unspecified atom stereocenters. The molecule has 0 aliphatic carbocycles. The third-order valence-electron chi connectivity index (χ3n) is 3.93. The smallest absolute Gasteiger partial charge is 0.331 e. The lowest BCUT2D eigenvalue weighted by Crippen LogP contribution is -2.29. The summed E-state index contributed by atoms with van der Waals surface area (Å²) in [5.41, 5.74) is 1.45. The van der Waals surface area contributed by atoms with Crippen LogP contribution in [0.5, 0.6) is 0 Å². The molecule has 3 rings (SSSR count). The molecule has 0 saturated heterocycles. The first kappa shape index (κ1) is 19.3. The summed E-state index contributed by atoms with van der Waals surface area (Å²) in [7, 11) is 1.44. The molecule has 28 heavy (non-hydrogen) atoms. The zero-order chi connectivity index (χ0) is 20.1. The van der Waals surface area contributed by atoms with E-state index < -0.39 is 11.9 Å². The largest absolute Gasteiger partial charge is 0.478 e. The van der Waals surface area contributed by atoms with Gasteiger partial charge in [0.2, 0.25) is 5.82 Å². The molecular weight excluding hydrogens is 382 g/mol. The Kier molecular flexibility index (Phi) is 5.86. The van der Waals surface area contributed by atoms with Crippen molar-refractivity contribution >= 4 is 29.5 Å². The normalized spacial score (nSPS) is 11.3. The van der Waals surface area contributed by atoms with Gasteiger partial charge in [-0.3, -0.25) is 9.69 Å². The Balaban J connectivity index is 1.85. The van der Waals surface area contributed by atoms with Crippen molar-refractivity contribution in [3.63, 3.8) is 0 Å². The van der Waals surface area contributed by atoms with E-state index in [9.17, 15) is 9.59 Å². The van der Waals surface area contributed by atoms with Crippen LogP contribution in [0.1, 0.15) is 5.56 Å². The number of hydrogen-bond donors (Lipinski definition) is 1. The number of nitrogens with zero attached hydrogens (tertiary/aromatic N) is 3. The van der Waals surface area contributed by atoms with Gasteiger partial charge >= 0.3 is 12.0 Å². The lowest BCUT2D eigenvalue weighted by molar-refractivity contribution is -0.131. The molecule has 0 aliphatic rings. The van der Waals surface area contributed by atoms with Crippen LogP contribution in [0.3, 0.4) is 0 Å². The average molecular weight is 398 g/mol. The standard InChI is InChI=1S/C20H16ClN3O4/c1-24(20-22-18(23-28-20)15-9-5-6-10-16(15)21)19(27)14(12-17(25)26)11-13-7-3-2-4-8-13/h2-10,12H,11H2,1H3,(H,25,26)/b14-12-. The fourth-order valence-corrected chi connectivity index (χ4v) is 2.78. The van der Waals surface area contributed by atoms with Crippen molar-refractivity contribution in [1.82, 2.24) is 10.1 Å². The van der Waals surface area contributed by atoms with Gasteiger partial charge in [0.15, 0.2) is 0 Å². The van der Waals surface area contributed by atoms with Gasteiger partial charge in [-0.05, 0) is 17.7 Å². The molecule has 0 fully saturated rings. The molecule has 0 bridgehead atoms. The highest BCUT2D eigenvalue weighted by atomic mass is 35.5. The first-order chi connectivity index (χ1) is 13.5. The van der Waals surface area contributed by atoms with Crippen LogP contribution in [-0.2, 0) is 16.0 Å². The van der Waals surface area contributed by atoms with E-state index in [-0.39, 0.29) is 23.8 Å². The number of carboxylic acid groups (broad SMARTS) is 1. The van der Waals surface area contributed by atoms with Crippen molar-refractivity contribution in [2.45, 2.75) is 6.42 Å². The quantitative estimate of drug-likeness (QED) is 0.638. The van der Waals surface area contributed by atoms with Gasteiger partial charge in [-0.1, -0.05) is 59.2 Å². The molecule has 0 saturated carbocycles. The molecule has 0 radical (unpaired) electrons. The molecule has 3 aromatic rings. The lowest BCUT2D eigenvalue weighted by atomic mass is 10.0. The summed E-state index contributed by atoms with van der Waals surface area (Å²) in [5, 5.41) is 13.4. The van der Waals surface area contributed by atoms with E-state index in [1.165, 1.54) is 7.05 Å². The number of halogens is 1. The molecule has 1 amide bonds. The minimum atomic E-state index is -1.21. The van der Waals surface area contributed by atoms with Crippen molar-refractivity contribution in [3.8, 4) is 11.4 Å². The third kappa shape index (κ3) is 4.44. The zero-order valence-corrected chi connectivity index (χ0v) is 15.6. The Morgan fingerprint density at radius 1 is 1.14 bits per heavy atom. The fraction of sp³-hybridized carbons (Fsp3) is 0.100. The van der Waals surface area contributed by atoms with Gasteiger partial charge in [0.1, 0.15) is 0 Å². The maximum absolute atomic E-state index is 12.8. The molecule has 0 spiro atoms. The molecule has 142 valence electrons. The first-order valence-corrected chi connectivity index (χ1v) is 8.67. The van der Waals surface area contributed by atoms with E-state index in [4.69, 9.17) is 21.2 Å². The number of likely N-dealkylation sites (N-methyl/N-ethyl adjacent to an activating group) is 1. The summed E-state index contributed by atoms with van der Waals surface area (Å²) >= 11 is 6.13. The van der Waals surface area contributed by atoms with Crippen LogP contribution in [0.2, 0.25) is 5.02 Å². The summed E-state index contributed by atoms with van der Waals surface area (Å²) in [4.78, 5) is 29.3. The number of anilines is 1. The maximum atomic E-state index is 12.8. The second-order valence-corrected chi connectivity index (χ2v) is 6.32. The van der Waals surface area contributed by atoms with Crippen LogP contribution in [-0.4, -0.2) is 34.2 Å². The van der Waals surface area contributed by atoms with Crippen LogP contribution < -0.4 is 4.90 Å². The minimum absolute atomic E-state index is 0.0655. The number of carbonyl (C=O) groups excluding carboxylic acids is 1. The SMILES string of the molecule is CN(C(=O)/C(=C\C(=O)O)Cc1ccccc1)c1nc(-c2ccccc2Cl)no1. The molecular formula is C20H16ClN3O4. The van der Waals surface area contributed by atoms with Crippen LogP contribution in [0.25, 0.3) is 11.4 Å². The average Bonchev–Trinajstić information content (AvgIpc) is 3.17. The Labute approximate surface area is 165 Å². The Bertz CT molecular complexity index is 1030. The van der Waals surface area contributed by atoms with E-state index in [0.717, 1.165) is 16.5 Å². The summed E-state index contributed by atoms with van der Waals surface area (Å²) in [6.07, 6.45) is 1.04. The highest BCUT2D eigenvalue weighted by Crippen LogP contribution is 2.27. The molecule has 0 aliphatic heterocycles. The highest BCUT2D eigenvalue weighted by Gasteiger charge is 2.23. The number of amides is 1. The van der Waals surface area contributed by atoms with Crippen molar-refractivity contribution in [3.05, 3.63) is 76.8 Å². The topological polar surface area (TPSA) is 96.5 Å². The van der Waals surface area contributed by atoms with E-state index in [1.807, 2.05) is 30.3 Å². The first-order valence-electron chi connectivity index (χ1n) is 8.30. The van der Waals surface area contributed by atoms with Crippen molar-refractivity contribution < 1.29 is 19.2 Å². The van der Waals surface area contributed by atoms with Crippen molar-refractivity contribution in [2.75, 3.05) is 11.9 Å². The van der Waals surface area contributed by atoms with Crippen LogP contribution >= 0.6 is 11.6 Å². The summed E-state index contributed by atoms with van der Waals surface area (Å²) in [6.45, 7) is 0. The van der Waals surface area contributed by atoms with Gasteiger partial charge in [-0.15, -0.1) is 0 Å². The number of carbonyl (C=O) groups is 2. The van der Waals surface area contributed by atoms with Gasteiger partial charge in [0, 0.05) is 30.7 Å². The van der Waals surface area contributed by atoms with Crippen molar-refractivity contribution in [2.24, 2.45) is 0 Å². The molecule has 1 aromatic heterocycles. The molecule has 0 atom stereocenters. The van der Waals surface area contributed by atoms with Crippen LogP contribution in [0.4, 0.5) is 6.01 Å². The molecule has 1 N–H and O–H groups in total. The van der Waals surface area contributed by atoms with Gasteiger partial charge in [-0.25, -0.2) is 4.79 Å². The van der Waals surface area contributed by atoms with Gasteiger partial charge in [-0.2, -0.15) is 4.98 Å². The van der Waals surface area contributed by atoms with E-state index >= 15 is 0 Å². The third-order valence-corrected chi connectivity index (χ3v) is 4.26. The molecule has 8 heteroatoms.